The number of nitrogens with zero attached hydrogens (tertiary/aromatic N) is 3. The first-order valence-corrected chi connectivity index (χ1v) is 9.52. The molecule has 0 radical (unpaired) electrons. The van der Waals surface area contributed by atoms with Crippen LogP contribution in [0.3, 0.4) is 0 Å². The number of furan rings is 1. The third kappa shape index (κ3) is 3.18. The number of fused-ring (bicyclic) bond motifs is 2. The first kappa shape index (κ1) is 18.3. The lowest BCUT2D eigenvalue weighted by Gasteiger charge is -2.27. The predicted octanol–water partition coefficient (Wildman–Crippen LogP) is 3.29. The van der Waals surface area contributed by atoms with Crippen molar-refractivity contribution in [1.82, 2.24) is 14.5 Å². The Morgan fingerprint density at radius 3 is 2.79 bits per heavy atom. The van der Waals surface area contributed by atoms with Crippen molar-refractivity contribution >= 4 is 0 Å². The van der Waals surface area contributed by atoms with Crippen molar-refractivity contribution in [1.29, 1.82) is 5.41 Å². The van der Waals surface area contributed by atoms with E-state index in [1.54, 1.807) is 24.7 Å². The van der Waals surface area contributed by atoms with Gasteiger partial charge in [-0.2, -0.15) is 0 Å². The highest BCUT2D eigenvalue weighted by Crippen LogP contribution is 2.45. The fourth-order valence-corrected chi connectivity index (χ4v) is 3.67. The van der Waals surface area contributed by atoms with Gasteiger partial charge in [0.2, 0.25) is 5.88 Å². The molecule has 3 aromatic rings. The molecular formula is C21H24N4O3. The average molecular weight is 380 g/mol. The maximum atomic E-state index is 9.85. The Morgan fingerprint density at radius 1 is 1.25 bits per heavy atom. The van der Waals surface area contributed by atoms with Gasteiger partial charge in [0.25, 0.3) is 0 Å². The number of rotatable bonds is 6. The normalized spacial score (nSPS) is 15.2. The number of aromatic nitrogens is 2. The summed E-state index contributed by atoms with van der Waals surface area (Å²) >= 11 is 0. The lowest BCUT2D eigenvalue weighted by atomic mass is 9.87. The van der Waals surface area contributed by atoms with Crippen molar-refractivity contribution in [2.75, 3.05) is 19.6 Å². The van der Waals surface area contributed by atoms with Gasteiger partial charge in [-0.15, -0.1) is 0 Å². The van der Waals surface area contributed by atoms with Crippen molar-refractivity contribution in [2.45, 2.75) is 26.3 Å². The fraction of sp³-hybridized carbons (Fsp3) is 0.333. The van der Waals surface area contributed by atoms with Crippen LogP contribution in [0.25, 0.3) is 0 Å². The number of hydrogen-bond donors (Lipinski definition) is 2. The summed E-state index contributed by atoms with van der Waals surface area (Å²) in [6.07, 6.45) is 3.27. The van der Waals surface area contributed by atoms with Crippen LogP contribution in [0, 0.1) is 5.41 Å². The van der Waals surface area contributed by atoms with Crippen molar-refractivity contribution in [2.24, 2.45) is 0 Å². The minimum atomic E-state index is -0.310. The third-order valence-electron chi connectivity index (χ3n) is 5.27. The number of nitrogens with one attached hydrogen (secondary N) is 1. The monoisotopic (exact) mass is 380 g/mol. The van der Waals surface area contributed by atoms with Crippen molar-refractivity contribution in [3.8, 4) is 17.4 Å². The standard InChI is InChI=1S/C21H24N4O3/c1-3-24(4-2)9-10-25-13-23-21-19(20(25)22)18(16-6-5-11-27-16)15-8-7-14(26)12-17(15)28-21/h5-8,11-13,18,22,26H,3-4,9-10H2,1-2H3. The zero-order valence-electron chi connectivity index (χ0n) is 16.1. The van der Waals surface area contributed by atoms with Gasteiger partial charge in [0, 0.05) is 24.7 Å². The molecule has 3 heterocycles. The maximum absolute atomic E-state index is 9.85. The smallest absolute Gasteiger partial charge is 0.228 e. The van der Waals surface area contributed by atoms with Gasteiger partial charge < -0.3 is 23.7 Å². The maximum Gasteiger partial charge on any atom is 0.228 e. The van der Waals surface area contributed by atoms with Gasteiger partial charge in [0.1, 0.15) is 29.1 Å². The molecule has 7 heteroatoms. The SMILES string of the molecule is CCN(CC)CCn1cnc2c(c1=N)C(c1ccco1)c1ccc(O)cc1O2. The minimum Gasteiger partial charge on any atom is -0.508 e. The van der Waals surface area contributed by atoms with Crippen LogP contribution in [0.15, 0.2) is 47.3 Å². The van der Waals surface area contributed by atoms with E-state index in [2.05, 4.69) is 23.7 Å². The molecule has 1 atom stereocenters. The van der Waals surface area contributed by atoms with Gasteiger partial charge in [0.05, 0.1) is 17.7 Å². The Bertz CT molecular complexity index is 1020. The zero-order chi connectivity index (χ0) is 19.7. The van der Waals surface area contributed by atoms with Gasteiger partial charge in [-0.3, -0.25) is 5.41 Å². The molecule has 0 saturated heterocycles. The summed E-state index contributed by atoms with van der Waals surface area (Å²) in [4.78, 5) is 6.79. The number of aromatic hydroxyl groups is 1. The second-order valence-corrected chi connectivity index (χ2v) is 6.80. The number of benzene rings is 1. The molecule has 1 unspecified atom stereocenters. The van der Waals surface area contributed by atoms with E-state index in [9.17, 15) is 5.11 Å². The van der Waals surface area contributed by atoms with E-state index in [1.807, 2.05) is 22.8 Å². The number of phenolic OH excluding ortho intramolecular Hbond substituents is 1. The number of likely N-dealkylation sites (N-methyl/N-ethyl adjacent to an activating group) is 1. The van der Waals surface area contributed by atoms with Crippen LogP contribution in [0.2, 0.25) is 0 Å². The van der Waals surface area contributed by atoms with Crippen LogP contribution in [-0.2, 0) is 6.54 Å². The van der Waals surface area contributed by atoms with Gasteiger partial charge in [-0.1, -0.05) is 19.9 Å². The highest BCUT2D eigenvalue weighted by atomic mass is 16.5. The van der Waals surface area contributed by atoms with Crippen molar-refractivity contribution < 1.29 is 14.3 Å². The molecule has 2 N–H and O–H groups in total. The molecule has 0 amide bonds. The van der Waals surface area contributed by atoms with Crippen LogP contribution in [0.1, 0.15) is 36.7 Å². The fourth-order valence-electron chi connectivity index (χ4n) is 3.67. The van der Waals surface area contributed by atoms with E-state index >= 15 is 0 Å². The third-order valence-corrected chi connectivity index (χ3v) is 5.27. The molecule has 0 fully saturated rings. The summed E-state index contributed by atoms with van der Waals surface area (Å²) in [7, 11) is 0. The first-order chi connectivity index (χ1) is 13.6. The van der Waals surface area contributed by atoms with Crippen LogP contribution < -0.4 is 10.2 Å². The molecular weight excluding hydrogens is 356 g/mol. The molecule has 4 rings (SSSR count). The Hall–Kier alpha value is -3.06. The lowest BCUT2D eigenvalue weighted by Crippen LogP contribution is -2.34. The summed E-state index contributed by atoms with van der Waals surface area (Å²) in [5.74, 6) is 1.44. The van der Waals surface area contributed by atoms with E-state index in [-0.39, 0.29) is 11.7 Å². The van der Waals surface area contributed by atoms with E-state index in [4.69, 9.17) is 14.6 Å². The second-order valence-electron chi connectivity index (χ2n) is 6.80. The second kappa shape index (κ2) is 7.52. The van der Waals surface area contributed by atoms with Crippen LogP contribution >= 0.6 is 0 Å². The van der Waals surface area contributed by atoms with E-state index < -0.39 is 0 Å². The molecule has 2 aromatic heterocycles. The summed E-state index contributed by atoms with van der Waals surface area (Å²) in [5, 5.41) is 18.7. The topological polar surface area (TPSA) is 87.5 Å². The summed E-state index contributed by atoms with van der Waals surface area (Å²) in [6, 6.07) is 8.73. The van der Waals surface area contributed by atoms with Crippen molar-refractivity contribution in [3.05, 3.63) is 65.3 Å². The van der Waals surface area contributed by atoms with Crippen LogP contribution in [0.4, 0.5) is 0 Å². The minimum absolute atomic E-state index is 0.122. The number of hydrogen-bond acceptors (Lipinski definition) is 6. The van der Waals surface area contributed by atoms with Crippen LogP contribution in [-0.4, -0.2) is 39.2 Å². The van der Waals surface area contributed by atoms with Gasteiger partial charge in [0.15, 0.2) is 0 Å². The molecule has 0 spiro atoms. The van der Waals surface area contributed by atoms with E-state index in [0.29, 0.717) is 35.0 Å². The highest BCUT2D eigenvalue weighted by molar-refractivity contribution is 5.55. The largest absolute Gasteiger partial charge is 0.508 e. The van der Waals surface area contributed by atoms with E-state index in [0.717, 1.165) is 25.2 Å². The highest BCUT2D eigenvalue weighted by Gasteiger charge is 2.33. The van der Waals surface area contributed by atoms with Crippen molar-refractivity contribution in [3.63, 3.8) is 0 Å². The molecule has 0 bridgehead atoms. The number of phenols is 1. The molecule has 0 aliphatic carbocycles. The van der Waals surface area contributed by atoms with Gasteiger partial charge >= 0.3 is 0 Å². The van der Waals surface area contributed by atoms with E-state index in [1.165, 1.54) is 0 Å². The van der Waals surface area contributed by atoms with Crippen LogP contribution in [0.5, 0.6) is 17.4 Å². The predicted molar refractivity (Wildman–Crippen MR) is 104 cm³/mol. The Morgan fingerprint density at radius 2 is 2.07 bits per heavy atom. The Balaban J connectivity index is 1.80. The first-order valence-electron chi connectivity index (χ1n) is 9.52. The molecule has 1 aliphatic rings. The molecule has 7 nitrogen and oxygen atoms in total. The lowest BCUT2D eigenvalue weighted by molar-refractivity contribution is 0.286. The number of ether oxygens (including phenoxy) is 1. The summed E-state index contributed by atoms with van der Waals surface area (Å²) in [6.45, 7) is 7.73. The van der Waals surface area contributed by atoms with Gasteiger partial charge in [-0.05, 0) is 31.3 Å². The average Bonchev–Trinajstić information content (AvgIpc) is 3.23. The molecule has 28 heavy (non-hydrogen) atoms. The summed E-state index contributed by atoms with van der Waals surface area (Å²) in [5.41, 5.74) is 1.88. The molecule has 1 aromatic carbocycles. The molecule has 0 saturated carbocycles. The van der Waals surface area contributed by atoms with Gasteiger partial charge in [-0.25, -0.2) is 4.98 Å². The molecule has 1 aliphatic heterocycles. The quantitative estimate of drug-likeness (QED) is 0.536. The molecule has 146 valence electrons. The Labute approximate surface area is 163 Å². The zero-order valence-corrected chi connectivity index (χ0v) is 16.1. The Kier molecular flexibility index (Phi) is 4.92. The summed E-state index contributed by atoms with van der Waals surface area (Å²) < 4.78 is 13.5.